The van der Waals surface area contributed by atoms with Gasteiger partial charge in [0, 0.05) is 19.2 Å². The second-order valence-electron chi connectivity index (χ2n) is 1.69. The zero-order chi connectivity index (χ0) is 7.82. The van der Waals surface area contributed by atoms with Crippen LogP contribution in [0.1, 0.15) is 6.42 Å². The Bertz CT molecular complexity index is 132. The summed E-state index contributed by atoms with van der Waals surface area (Å²) in [7, 11) is 1.88. The van der Waals surface area contributed by atoms with Crippen molar-refractivity contribution in [2.45, 2.75) is 6.42 Å². The highest BCUT2D eigenvalue weighted by molar-refractivity contribution is 14.1. The van der Waals surface area contributed by atoms with Crippen LogP contribution in [0.2, 0.25) is 0 Å². The lowest BCUT2D eigenvalue weighted by atomic mass is 10.3. The van der Waals surface area contributed by atoms with E-state index in [-0.39, 0.29) is 0 Å². The maximum Gasteiger partial charge on any atom is 0.111 e. The number of nitrogens with two attached hydrogens (primary N) is 1. The third kappa shape index (κ3) is 4.68. The van der Waals surface area contributed by atoms with Crippen LogP contribution in [0.3, 0.4) is 0 Å². The van der Waals surface area contributed by atoms with E-state index in [9.17, 15) is 0 Å². The summed E-state index contributed by atoms with van der Waals surface area (Å²) in [4.78, 5) is 0. The minimum atomic E-state index is 0.809. The maximum atomic E-state index is 5.25. The van der Waals surface area contributed by atoms with Gasteiger partial charge in [0.1, 0.15) is 22.9 Å². The summed E-state index contributed by atoms with van der Waals surface area (Å²) in [5.74, 6) is 0. The molecule has 0 aromatic carbocycles. The number of hydrogen-bond donors (Lipinski definition) is 2. The van der Waals surface area contributed by atoms with Gasteiger partial charge in [0.25, 0.3) is 0 Å². The summed E-state index contributed by atoms with van der Waals surface area (Å²) in [6.45, 7) is 0.874. The van der Waals surface area contributed by atoms with E-state index in [0.29, 0.717) is 0 Å². The van der Waals surface area contributed by atoms with Crippen molar-refractivity contribution in [1.82, 2.24) is 5.32 Å². The molecular weight excluding hydrogens is 243 g/mol. The zero-order valence-electron chi connectivity index (χ0n) is 5.84. The van der Waals surface area contributed by atoms with Crippen LogP contribution in [0.15, 0.2) is 20.3 Å². The molecule has 0 radical (unpaired) electrons. The first kappa shape index (κ1) is 9.83. The first-order chi connectivity index (χ1) is 4.85. The van der Waals surface area contributed by atoms with Crippen LogP contribution >= 0.6 is 22.9 Å². The van der Waals surface area contributed by atoms with Gasteiger partial charge in [0.2, 0.25) is 0 Å². The molecule has 4 nitrogen and oxygen atoms in total. The molecule has 0 bridgehead atoms. The van der Waals surface area contributed by atoms with Gasteiger partial charge in [-0.2, -0.15) is 0 Å². The van der Waals surface area contributed by atoms with Crippen molar-refractivity contribution >= 4 is 22.9 Å². The minimum Gasteiger partial charge on any atom is -0.403 e. The summed E-state index contributed by atoms with van der Waals surface area (Å²) >= 11 is 1.82. The lowest BCUT2D eigenvalue weighted by Gasteiger charge is -1.96. The minimum absolute atomic E-state index is 0.809. The first-order valence-corrected chi connectivity index (χ1v) is 3.89. The van der Waals surface area contributed by atoms with Gasteiger partial charge >= 0.3 is 0 Å². The summed E-state index contributed by atoms with van der Waals surface area (Å²) in [5.41, 5.74) is 6.06. The van der Waals surface area contributed by atoms with Gasteiger partial charge in [-0.25, -0.2) is 0 Å². The van der Waals surface area contributed by atoms with Gasteiger partial charge in [0.15, 0.2) is 0 Å². The molecule has 58 valence electrons. The Labute approximate surface area is 74.5 Å². The molecule has 0 saturated heterocycles. The molecule has 0 rings (SSSR count). The fourth-order valence-corrected chi connectivity index (χ4v) is 0.745. The second-order valence-corrected chi connectivity index (χ2v) is 2.12. The van der Waals surface area contributed by atoms with Crippen molar-refractivity contribution in [3.8, 4) is 0 Å². The van der Waals surface area contributed by atoms with Crippen molar-refractivity contribution in [2.75, 3.05) is 13.6 Å². The number of hydrogen-bond acceptors (Lipinski definition) is 4. The van der Waals surface area contributed by atoms with E-state index in [1.165, 1.54) is 6.20 Å². The Morgan fingerprint density at radius 3 is 2.90 bits per heavy atom. The van der Waals surface area contributed by atoms with Gasteiger partial charge in [-0.1, -0.05) is 0 Å². The average Bonchev–Trinajstić information content (AvgIpc) is 1.98. The van der Waals surface area contributed by atoms with Crippen molar-refractivity contribution in [1.29, 1.82) is 0 Å². The summed E-state index contributed by atoms with van der Waals surface area (Å²) < 4.78 is 3.58. The Morgan fingerprint density at radius 1 is 1.80 bits per heavy atom. The molecule has 0 aliphatic rings. The third-order valence-corrected chi connectivity index (χ3v) is 1.21. The number of halogens is 1. The smallest absolute Gasteiger partial charge is 0.111 e. The molecule has 0 amide bonds. The molecular formula is C5H11IN4. The molecule has 0 atom stereocenters. The lowest BCUT2D eigenvalue weighted by Crippen LogP contribution is -2.08. The molecule has 0 unspecified atom stereocenters. The number of nitrogens with zero attached hydrogens (tertiary/aromatic N) is 2. The Kier molecular flexibility index (Phi) is 6.83. The van der Waals surface area contributed by atoms with Crippen molar-refractivity contribution in [3.63, 3.8) is 0 Å². The predicted octanol–water partition coefficient (Wildman–Crippen LogP) is 1.20. The van der Waals surface area contributed by atoms with Crippen LogP contribution < -0.4 is 11.1 Å². The molecule has 3 N–H and O–H groups in total. The van der Waals surface area contributed by atoms with Gasteiger partial charge in [-0.3, -0.25) is 0 Å². The van der Waals surface area contributed by atoms with E-state index in [0.717, 1.165) is 18.7 Å². The topological polar surface area (TPSA) is 62.8 Å². The molecule has 0 heterocycles. The lowest BCUT2D eigenvalue weighted by molar-refractivity contribution is 0.774. The molecule has 0 fully saturated rings. The molecule has 5 heteroatoms. The fraction of sp³-hybridized carbons (Fsp3) is 0.600. The van der Waals surface area contributed by atoms with E-state index in [1.54, 1.807) is 0 Å². The zero-order valence-corrected chi connectivity index (χ0v) is 8.00. The van der Waals surface area contributed by atoms with Crippen LogP contribution in [0.25, 0.3) is 0 Å². The quantitative estimate of drug-likeness (QED) is 0.584. The van der Waals surface area contributed by atoms with E-state index < -0.39 is 0 Å². The van der Waals surface area contributed by atoms with Crippen LogP contribution in [0, 0.1) is 0 Å². The summed E-state index contributed by atoms with van der Waals surface area (Å²) in [5, 5.41) is 6.78. The van der Waals surface area contributed by atoms with Crippen molar-refractivity contribution in [2.24, 2.45) is 14.2 Å². The third-order valence-electron chi connectivity index (χ3n) is 0.990. The predicted molar refractivity (Wildman–Crippen MR) is 49.7 cm³/mol. The van der Waals surface area contributed by atoms with E-state index in [1.807, 2.05) is 29.9 Å². The monoisotopic (exact) mass is 254 g/mol. The fourth-order valence-electron chi connectivity index (χ4n) is 0.468. The molecule has 0 aliphatic carbocycles. The van der Waals surface area contributed by atoms with Gasteiger partial charge in [-0.15, -0.1) is 8.44 Å². The van der Waals surface area contributed by atoms with Crippen LogP contribution in [0.5, 0.6) is 0 Å². The summed E-state index contributed by atoms with van der Waals surface area (Å²) in [6.07, 6.45) is 2.29. The summed E-state index contributed by atoms with van der Waals surface area (Å²) in [6, 6.07) is 0. The Morgan fingerprint density at radius 2 is 2.50 bits per heavy atom. The van der Waals surface area contributed by atoms with Crippen LogP contribution in [-0.4, -0.2) is 13.6 Å². The second kappa shape index (κ2) is 6.94. The maximum absolute atomic E-state index is 5.25. The first-order valence-electron chi connectivity index (χ1n) is 2.92. The Balaban J connectivity index is 3.62. The highest BCUT2D eigenvalue weighted by Crippen LogP contribution is 2.02. The Hall–Kier alpha value is -0.170. The van der Waals surface area contributed by atoms with E-state index in [4.69, 9.17) is 5.73 Å². The van der Waals surface area contributed by atoms with Crippen LogP contribution in [0.4, 0.5) is 0 Å². The highest BCUT2D eigenvalue weighted by Gasteiger charge is 1.90. The number of nitrogens with one attached hydrogen (secondary N) is 1. The molecule has 0 aromatic heterocycles. The van der Waals surface area contributed by atoms with Crippen LogP contribution in [-0.2, 0) is 0 Å². The molecule has 10 heavy (non-hydrogen) atoms. The van der Waals surface area contributed by atoms with E-state index >= 15 is 0 Å². The van der Waals surface area contributed by atoms with Crippen molar-refractivity contribution < 1.29 is 0 Å². The van der Waals surface area contributed by atoms with Gasteiger partial charge < -0.3 is 11.1 Å². The molecule has 0 saturated carbocycles. The van der Waals surface area contributed by atoms with Crippen molar-refractivity contribution in [3.05, 3.63) is 11.9 Å². The van der Waals surface area contributed by atoms with Gasteiger partial charge in [0.05, 0.1) is 5.70 Å². The normalized spacial score (nSPS) is 12.8. The molecule has 0 spiro atoms. The standard InChI is InChI=1S/C5H11IN4/c1-8-3-2-5(4-7)9-10-6/h4,8H,2-3,7H2,1H3/b5-4-,10-9-. The molecule has 0 aliphatic heterocycles. The van der Waals surface area contributed by atoms with E-state index in [2.05, 4.69) is 13.8 Å². The largest absolute Gasteiger partial charge is 0.403 e. The van der Waals surface area contributed by atoms with Gasteiger partial charge in [-0.05, 0) is 7.05 Å². The SMILES string of the molecule is CNCCC(=C/N)/N=N\I. The number of rotatable bonds is 4. The molecule has 0 aromatic rings. The highest BCUT2D eigenvalue weighted by atomic mass is 127. The average molecular weight is 254 g/mol.